The molecule has 1 saturated heterocycles. The number of rotatable bonds is 2. The summed E-state index contributed by atoms with van der Waals surface area (Å²) in [5, 5.41) is 11.1. The van der Waals surface area contributed by atoms with Gasteiger partial charge in [-0.3, -0.25) is 14.9 Å². The summed E-state index contributed by atoms with van der Waals surface area (Å²) in [6, 6.07) is 4.54. The topological polar surface area (TPSA) is 63.5 Å². The van der Waals surface area contributed by atoms with Crippen LogP contribution in [-0.4, -0.2) is 28.3 Å². The Morgan fingerprint density at radius 3 is 2.68 bits per heavy atom. The molecule has 2 atom stereocenters. The number of hydrogen-bond donors (Lipinski definition) is 0. The molecule has 0 saturated carbocycles. The van der Waals surface area contributed by atoms with Gasteiger partial charge in [-0.05, 0) is 31.4 Å². The Hall–Kier alpha value is -1.62. The van der Waals surface area contributed by atoms with Crippen molar-refractivity contribution in [3.05, 3.63) is 38.9 Å². The van der Waals surface area contributed by atoms with E-state index in [1.807, 2.05) is 6.92 Å². The van der Waals surface area contributed by atoms with Crippen LogP contribution in [0.4, 0.5) is 5.69 Å². The number of nitro benzene ring substituents is 1. The molecule has 0 aliphatic carbocycles. The molecule has 102 valence electrons. The molecule has 0 radical (unpaired) electrons. The van der Waals surface area contributed by atoms with Crippen molar-refractivity contribution in [1.29, 1.82) is 0 Å². The van der Waals surface area contributed by atoms with Crippen LogP contribution in [0.25, 0.3) is 0 Å². The van der Waals surface area contributed by atoms with Crippen LogP contribution in [0.5, 0.6) is 0 Å². The number of nitro groups is 1. The lowest BCUT2D eigenvalue weighted by Gasteiger charge is -2.21. The van der Waals surface area contributed by atoms with Crippen molar-refractivity contribution in [1.82, 2.24) is 4.90 Å². The van der Waals surface area contributed by atoms with Gasteiger partial charge >= 0.3 is 5.69 Å². The zero-order valence-electron chi connectivity index (χ0n) is 10.8. The average molecular weight is 283 g/mol. The van der Waals surface area contributed by atoms with Gasteiger partial charge < -0.3 is 4.90 Å². The van der Waals surface area contributed by atoms with Crippen LogP contribution in [0.2, 0.25) is 5.02 Å². The fourth-order valence-corrected chi connectivity index (χ4v) is 2.85. The molecule has 0 N–H and O–H groups in total. The maximum Gasteiger partial charge on any atom is 0.300 e. The second-order valence-electron chi connectivity index (χ2n) is 5.04. The van der Waals surface area contributed by atoms with E-state index in [1.54, 1.807) is 11.0 Å². The second-order valence-corrected chi connectivity index (χ2v) is 5.45. The van der Waals surface area contributed by atoms with E-state index >= 15 is 0 Å². The number of nitrogens with zero attached hydrogens (tertiary/aromatic N) is 2. The number of carbonyl (C=O) groups excluding carboxylic acids is 1. The van der Waals surface area contributed by atoms with E-state index in [0.29, 0.717) is 12.5 Å². The van der Waals surface area contributed by atoms with Crippen molar-refractivity contribution < 1.29 is 9.72 Å². The van der Waals surface area contributed by atoms with E-state index in [2.05, 4.69) is 6.92 Å². The first-order valence-electron chi connectivity index (χ1n) is 6.15. The summed E-state index contributed by atoms with van der Waals surface area (Å²) in [6.45, 7) is 4.65. The minimum Gasteiger partial charge on any atom is -0.335 e. The molecular formula is C13H15ClN2O3. The van der Waals surface area contributed by atoms with Crippen molar-refractivity contribution in [3.63, 3.8) is 0 Å². The first-order chi connectivity index (χ1) is 8.91. The van der Waals surface area contributed by atoms with Crippen LogP contribution in [0.1, 0.15) is 30.6 Å². The molecule has 1 fully saturated rings. The minimum absolute atomic E-state index is 0.00394. The van der Waals surface area contributed by atoms with Gasteiger partial charge in [-0.25, -0.2) is 0 Å². The molecule has 0 spiro atoms. The van der Waals surface area contributed by atoms with Crippen molar-refractivity contribution in [2.45, 2.75) is 26.3 Å². The Bertz CT molecular complexity index is 533. The first-order valence-corrected chi connectivity index (χ1v) is 6.53. The normalized spacial score (nSPS) is 22.6. The number of halogens is 1. The molecule has 0 aromatic heterocycles. The standard InChI is InChI=1S/C13H15ClN2O3/c1-8-6-9(2)15(7-8)13(17)10-4-3-5-11(14)12(10)16(18)19/h3-5,8-9H,6-7H2,1-2H3. The number of carbonyl (C=O) groups is 1. The Morgan fingerprint density at radius 1 is 1.47 bits per heavy atom. The molecule has 1 aliphatic heterocycles. The van der Waals surface area contributed by atoms with Crippen molar-refractivity contribution in [2.75, 3.05) is 6.54 Å². The van der Waals surface area contributed by atoms with Crippen molar-refractivity contribution in [2.24, 2.45) is 5.92 Å². The highest BCUT2D eigenvalue weighted by atomic mass is 35.5. The third-order valence-corrected chi connectivity index (χ3v) is 3.75. The van der Waals surface area contributed by atoms with Gasteiger partial charge in [0.25, 0.3) is 5.91 Å². The third-order valence-electron chi connectivity index (χ3n) is 3.44. The SMILES string of the molecule is CC1CC(C)N(C(=O)c2cccc(Cl)c2[N+](=O)[O-])C1. The molecule has 6 heteroatoms. The quantitative estimate of drug-likeness (QED) is 0.618. The number of para-hydroxylation sites is 1. The molecule has 1 amide bonds. The first kappa shape index (κ1) is 13.8. The van der Waals surface area contributed by atoms with E-state index in [9.17, 15) is 14.9 Å². The summed E-state index contributed by atoms with van der Waals surface area (Å²) in [4.78, 5) is 24.6. The Balaban J connectivity index is 2.40. The van der Waals surface area contributed by atoms with Crippen LogP contribution in [0.15, 0.2) is 18.2 Å². The van der Waals surface area contributed by atoms with Gasteiger partial charge in [0.2, 0.25) is 0 Å². The van der Waals surface area contributed by atoms with E-state index in [0.717, 1.165) is 6.42 Å². The summed E-state index contributed by atoms with van der Waals surface area (Å²) >= 11 is 5.83. The van der Waals surface area contributed by atoms with Gasteiger partial charge in [-0.1, -0.05) is 24.6 Å². The molecule has 5 nitrogen and oxygen atoms in total. The van der Waals surface area contributed by atoms with Crippen molar-refractivity contribution >= 4 is 23.2 Å². The lowest BCUT2D eigenvalue weighted by atomic mass is 10.1. The van der Waals surface area contributed by atoms with Gasteiger partial charge in [-0.15, -0.1) is 0 Å². The third kappa shape index (κ3) is 2.56. The second kappa shape index (κ2) is 5.17. The van der Waals surface area contributed by atoms with E-state index in [1.165, 1.54) is 12.1 Å². The lowest BCUT2D eigenvalue weighted by molar-refractivity contribution is -0.385. The van der Waals surface area contributed by atoms with E-state index in [4.69, 9.17) is 11.6 Å². The fourth-order valence-electron chi connectivity index (χ4n) is 2.61. The summed E-state index contributed by atoms with van der Waals surface area (Å²) < 4.78 is 0. The molecule has 19 heavy (non-hydrogen) atoms. The predicted molar refractivity (Wildman–Crippen MR) is 72.4 cm³/mol. The molecule has 1 aliphatic rings. The summed E-state index contributed by atoms with van der Waals surface area (Å²) in [7, 11) is 0. The van der Waals surface area contributed by atoms with Gasteiger partial charge in [0.1, 0.15) is 10.6 Å². The maximum atomic E-state index is 12.4. The van der Waals surface area contributed by atoms with Crippen LogP contribution in [0, 0.1) is 16.0 Å². The number of hydrogen-bond acceptors (Lipinski definition) is 3. The lowest BCUT2D eigenvalue weighted by Crippen LogP contribution is -2.34. The Kier molecular flexibility index (Phi) is 3.75. The molecule has 2 rings (SSSR count). The largest absolute Gasteiger partial charge is 0.335 e. The van der Waals surface area contributed by atoms with Gasteiger partial charge in [0.05, 0.1) is 4.92 Å². The summed E-state index contributed by atoms with van der Waals surface area (Å²) in [5.74, 6) is 0.100. The molecule has 1 heterocycles. The van der Waals surface area contributed by atoms with Crippen LogP contribution < -0.4 is 0 Å². The smallest absolute Gasteiger partial charge is 0.300 e. The van der Waals surface area contributed by atoms with Crippen molar-refractivity contribution in [3.8, 4) is 0 Å². The Labute approximate surface area is 116 Å². The zero-order valence-corrected chi connectivity index (χ0v) is 11.6. The van der Waals surface area contributed by atoms with E-state index in [-0.39, 0.29) is 28.2 Å². The maximum absolute atomic E-state index is 12.4. The molecule has 2 unspecified atom stereocenters. The van der Waals surface area contributed by atoms with Crippen LogP contribution >= 0.6 is 11.6 Å². The highest BCUT2D eigenvalue weighted by molar-refractivity contribution is 6.33. The highest BCUT2D eigenvalue weighted by Gasteiger charge is 2.34. The summed E-state index contributed by atoms with van der Waals surface area (Å²) in [6.07, 6.45) is 0.917. The molecule has 1 aromatic carbocycles. The average Bonchev–Trinajstić information content (AvgIpc) is 2.66. The minimum atomic E-state index is -0.597. The summed E-state index contributed by atoms with van der Waals surface area (Å²) in [5.41, 5.74) is -0.237. The molecule has 0 bridgehead atoms. The Morgan fingerprint density at radius 2 is 2.16 bits per heavy atom. The van der Waals surface area contributed by atoms with Gasteiger partial charge in [0.15, 0.2) is 0 Å². The zero-order chi connectivity index (χ0) is 14.2. The number of benzene rings is 1. The van der Waals surface area contributed by atoms with Crippen LogP contribution in [0.3, 0.4) is 0 Å². The monoisotopic (exact) mass is 282 g/mol. The number of amides is 1. The van der Waals surface area contributed by atoms with E-state index < -0.39 is 4.92 Å². The predicted octanol–water partition coefficient (Wildman–Crippen LogP) is 3.12. The van der Waals surface area contributed by atoms with Crippen LogP contribution in [-0.2, 0) is 0 Å². The van der Waals surface area contributed by atoms with Gasteiger partial charge in [0, 0.05) is 12.6 Å². The molecule has 1 aromatic rings. The highest BCUT2D eigenvalue weighted by Crippen LogP contribution is 2.31. The molecular weight excluding hydrogens is 268 g/mol. The van der Waals surface area contributed by atoms with Gasteiger partial charge in [-0.2, -0.15) is 0 Å². The fraction of sp³-hybridized carbons (Fsp3) is 0.462. The number of likely N-dealkylation sites (tertiary alicyclic amines) is 1.